The minimum absolute atomic E-state index is 0.0555. The maximum Gasteiger partial charge on any atom is 0.303 e. The number of amides is 1. The van der Waals surface area contributed by atoms with Gasteiger partial charge < -0.3 is 34.9 Å². The van der Waals surface area contributed by atoms with E-state index < -0.39 is 30.4 Å². The maximum absolute atomic E-state index is 13.3. The summed E-state index contributed by atoms with van der Waals surface area (Å²) in [6, 6.07) is 0. The van der Waals surface area contributed by atoms with Crippen molar-refractivity contribution in [2.75, 3.05) is 41.4 Å². The molecule has 3 N–H and O–H groups in total. The normalized spacial score (nSPS) is 31.4. The first-order valence-electron chi connectivity index (χ1n) is 14.9. The number of methoxy groups -OCH3 is 2. The van der Waals surface area contributed by atoms with Crippen LogP contribution in [0.15, 0.2) is 58.5 Å². The molecule has 0 aromatic carbocycles. The number of aliphatic hydroxyl groups excluding tert-OH is 1. The number of fused-ring (bicyclic) bond motifs is 2. The van der Waals surface area contributed by atoms with Gasteiger partial charge in [0.1, 0.15) is 6.10 Å². The maximum atomic E-state index is 13.3. The monoisotopic (exact) mass is 601 g/mol. The van der Waals surface area contributed by atoms with E-state index in [2.05, 4.69) is 17.6 Å². The topological polar surface area (TPSA) is 126 Å². The number of hydrogen-bond acceptors (Lipinski definition) is 9. The summed E-state index contributed by atoms with van der Waals surface area (Å²) in [5.74, 6) is -1.23. The zero-order valence-electron chi connectivity index (χ0n) is 27.2. The minimum Gasteiger partial charge on any atom is -0.455 e. The van der Waals surface area contributed by atoms with Gasteiger partial charge in [0.15, 0.2) is 6.10 Å². The number of carbonyl (C=O) groups is 3. The third-order valence-corrected chi connectivity index (χ3v) is 7.74. The molecule has 0 aromatic rings. The Bertz CT molecular complexity index is 1150. The molecular formula is C33H51N3O7. The van der Waals surface area contributed by atoms with Gasteiger partial charge in [-0.05, 0) is 57.8 Å². The first kappa shape index (κ1) is 36.1. The van der Waals surface area contributed by atoms with Gasteiger partial charge in [-0.2, -0.15) is 0 Å². The molecule has 43 heavy (non-hydrogen) atoms. The van der Waals surface area contributed by atoms with Crippen LogP contribution in [0.25, 0.3) is 0 Å². The first-order chi connectivity index (χ1) is 20.3. The van der Waals surface area contributed by atoms with Crippen LogP contribution in [-0.4, -0.2) is 93.5 Å². The second-order valence-electron chi connectivity index (χ2n) is 11.9. The van der Waals surface area contributed by atoms with E-state index in [1.807, 2.05) is 38.9 Å². The predicted octanol–water partition coefficient (Wildman–Crippen LogP) is 3.20. The number of rotatable bonds is 7. The lowest BCUT2D eigenvalue weighted by Gasteiger charge is -2.30. The summed E-state index contributed by atoms with van der Waals surface area (Å²) in [7, 11) is 7.04. The SMILES string of the molecule is CO[C@H]1/C=C\C=C(/C)C(=O)NC2=CC(=O)C(NCCN(C)C)=C(C2)C[C@@H](C)C[C@H](OC)[C@H](O)[C@@H](C)/C=C(\C)[C@@H]1OC(C)=O. The highest BCUT2D eigenvalue weighted by Gasteiger charge is 2.30. The second kappa shape index (κ2) is 17.3. The molecule has 2 rings (SSSR count). The van der Waals surface area contributed by atoms with E-state index >= 15 is 0 Å². The molecular weight excluding hydrogens is 550 g/mol. The molecule has 0 radical (unpaired) electrons. The van der Waals surface area contributed by atoms with Crippen molar-refractivity contribution in [1.29, 1.82) is 0 Å². The average molecular weight is 602 g/mol. The molecule has 0 aromatic heterocycles. The molecule has 6 atom stereocenters. The molecule has 1 aliphatic heterocycles. The number of aliphatic hydroxyl groups is 1. The molecule has 240 valence electrons. The van der Waals surface area contributed by atoms with Crippen LogP contribution in [0, 0.1) is 11.8 Å². The Morgan fingerprint density at radius 2 is 1.86 bits per heavy atom. The molecule has 2 bridgehead atoms. The summed E-state index contributed by atoms with van der Waals surface area (Å²) < 4.78 is 17.0. The largest absolute Gasteiger partial charge is 0.455 e. The van der Waals surface area contributed by atoms with E-state index in [9.17, 15) is 19.5 Å². The van der Waals surface area contributed by atoms with Gasteiger partial charge in [-0.25, -0.2) is 0 Å². The fourth-order valence-corrected chi connectivity index (χ4v) is 5.40. The third-order valence-electron chi connectivity index (χ3n) is 7.74. The number of ketones is 1. The summed E-state index contributed by atoms with van der Waals surface area (Å²) in [6.45, 7) is 10.2. The molecule has 0 unspecified atom stereocenters. The summed E-state index contributed by atoms with van der Waals surface area (Å²) in [4.78, 5) is 40.3. The number of allylic oxidation sites excluding steroid dienone is 4. The third kappa shape index (κ3) is 11.2. The summed E-state index contributed by atoms with van der Waals surface area (Å²) >= 11 is 0. The van der Waals surface area contributed by atoms with Crippen LogP contribution in [-0.2, 0) is 28.6 Å². The first-order valence-corrected chi connectivity index (χ1v) is 14.9. The molecule has 0 spiro atoms. The molecule has 10 nitrogen and oxygen atoms in total. The summed E-state index contributed by atoms with van der Waals surface area (Å²) in [5.41, 5.74) is 3.16. The highest BCUT2D eigenvalue weighted by Crippen LogP contribution is 2.30. The van der Waals surface area contributed by atoms with E-state index in [0.717, 1.165) is 17.7 Å². The number of hydrogen-bond donors (Lipinski definition) is 3. The number of nitrogens with one attached hydrogen (secondary N) is 2. The van der Waals surface area contributed by atoms with Crippen molar-refractivity contribution >= 4 is 17.7 Å². The van der Waals surface area contributed by atoms with Crippen molar-refractivity contribution in [2.45, 2.75) is 78.3 Å². The lowest BCUT2D eigenvalue weighted by molar-refractivity contribution is -0.149. The number of ether oxygens (including phenoxy) is 3. The fourth-order valence-electron chi connectivity index (χ4n) is 5.40. The van der Waals surface area contributed by atoms with Crippen molar-refractivity contribution in [2.24, 2.45) is 11.8 Å². The average Bonchev–Trinajstić information content (AvgIpc) is 2.93. The Labute approximate surface area is 256 Å². The van der Waals surface area contributed by atoms with Crippen LogP contribution in [0.5, 0.6) is 0 Å². The second-order valence-corrected chi connectivity index (χ2v) is 11.9. The van der Waals surface area contributed by atoms with Gasteiger partial charge in [-0.3, -0.25) is 14.4 Å². The lowest BCUT2D eigenvalue weighted by atomic mass is 9.85. The Hall–Kier alpha value is -3.05. The van der Waals surface area contributed by atoms with Crippen molar-refractivity contribution in [3.63, 3.8) is 0 Å². The van der Waals surface area contributed by atoms with E-state index in [0.29, 0.717) is 42.8 Å². The van der Waals surface area contributed by atoms with E-state index in [1.54, 1.807) is 32.3 Å². The predicted molar refractivity (Wildman–Crippen MR) is 167 cm³/mol. The van der Waals surface area contributed by atoms with Gasteiger partial charge in [0.2, 0.25) is 5.78 Å². The number of nitrogens with zero attached hydrogens (tertiary/aromatic N) is 1. The molecule has 10 heteroatoms. The Morgan fingerprint density at radius 3 is 2.47 bits per heavy atom. The summed E-state index contributed by atoms with van der Waals surface area (Å²) in [5, 5.41) is 17.5. The number of esters is 1. The molecule has 1 heterocycles. The van der Waals surface area contributed by atoms with Crippen LogP contribution in [0.4, 0.5) is 0 Å². The lowest BCUT2D eigenvalue weighted by Crippen LogP contribution is -2.36. The van der Waals surface area contributed by atoms with Gasteiger partial charge in [-0.15, -0.1) is 0 Å². The van der Waals surface area contributed by atoms with Crippen molar-refractivity contribution < 1.29 is 33.7 Å². The van der Waals surface area contributed by atoms with Gasteiger partial charge in [0.25, 0.3) is 5.91 Å². The van der Waals surface area contributed by atoms with Gasteiger partial charge in [-0.1, -0.05) is 38.2 Å². The Morgan fingerprint density at radius 1 is 1.16 bits per heavy atom. The molecule has 0 fully saturated rings. The van der Waals surface area contributed by atoms with Gasteiger partial charge in [0.05, 0.1) is 17.9 Å². The van der Waals surface area contributed by atoms with E-state index in [-0.39, 0.29) is 23.5 Å². The zero-order valence-corrected chi connectivity index (χ0v) is 27.2. The molecule has 2 aliphatic rings. The van der Waals surface area contributed by atoms with Crippen LogP contribution in [0.2, 0.25) is 0 Å². The van der Waals surface area contributed by atoms with Crippen molar-refractivity contribution in [3.8, 4) is 0 Å². The smallest absolute Gasteiger partial charge is 0.303 e. The summed E-state index contributed by atoms with van der Waals surface area (Å²) in [6.07, 6.45) is 7.26. The Kier molecular flexibility index (Phi) is 14.5. The van der Waals surface area contributed by atoms with E-state index in [4.69, 9.17) is 14.2 Å². The number of likely N-dealkylation sites (N-methyl/N-ethyl adjacent to an activating group) is 1. The number of carbonyl (C=O) groups excluding carboxylic acids is 3. The zero-order chi connectivity index (χ0) is 32.3. The van der Waals surface area contributed by atoms with Crippen molar-refractivity contribution in [3.05, 3.63) is 58.5 Å². The highest BCUT2D eigenvalue weighted by molar-refractivity contribution is 6.06. The standard InChI is InChI=1S/C33H51N3O7/c1-20-15-25-18-26(19-27(38)30(25)34-13-14-36(6)7)35-33(40)21(2)11-10-12-28(41-8)32(43-24(5)37)23(4)17-22(3)31(39)29(16-20)42-9/h10-12,17,19-20,22,28-29,31-32,34,39H,13-16,18H2,1-9H3,(H,35,40)/b12-10-,21-11+,23-17+/t20-,22+,28+,29+,31-,32+/m1/s1. The van der Waals surface area contributed by atoms with Gasteiger partial charge in [0, 0.05) is 63.9 Å². The highest BCUT2D eigenvalue weighted by atomic mass is 16.6. The van der Waals surface area contributed by atoms with E-state index in [1.165, 1.54) is 20.1 Å². The van der Waals surface area contributed by atoms with Crippen LogP contribution in [0.3, 0.4) is 0 Å². The molecule has 0 saturated carbocycles. The molecule has 1 aliphatic carbocycles. The van der Waals surface area contributed by atoms with Gasteiger partial charge >= 0.3 is 5.97 Å². The molecule has 0 saturated heterocycles. The minimum atomic E-state index is -0.834. The van der Waals surface area contributed by atoms with Crippen LogP contribution < -0.4 is 10.6 Å². The van der Waals surface area contributed by atoms with Crippen LogP contribution in [0.1, 0.15) is 53.9 Å². The van der Waals surface area contributed by atoms with Crippen molar-refractivity contribution in [1.82, 2.24) is 15.5 Å². The molecule has 1 amide bonds. The Balaban J connectivity index is 2.54. The quantitative estimate of drug-likeness (QED) is 0.298. The van der Waals surface area contributed by atoms with Crippen LogP contribution >= 0.6 is 0 Å². The fraction of sp³-hybridized carbons (Fsp3) is 0.606.